The van der Waals surface area contributed by atoms with Crippen LogP contribution in [-0.4, -0.2) is 49.2 Å². The van der Waals surface area contributed by atoms with Gasteiger partial charge in [0.05, 0.1) is 11.0 Å². The predicted molar refractivity (Wildman–Crippen MR) is 101 cm³/mol. The number of piperazine rings is 1. The Morgan fingerprint density at radius 1 is 1.04 bits per heavy atom. The minimum absolute atomic E-state index is 0. The predicted octanol–water partition coefficient (Wildman–Crippen LogP) is 2.69. The molecule has 2 aromatic carbocycles. The highest BCUT2D eigenvalue weighted by Gasteiger charge is 2.39. The van der Waals surface area contributed by atoms with Gasteiger partial charge in [-0.2, -0.15) is 4.31 Å². The van der Waals surface area contributed by atoms with E-state index in [-0.39, 0.29) is 29.9 Å². The van der Waals surface area contributed by atoms with Crippen molar-refractivity contribution in [1.82, 2.24) is 9.21 Å². The molecule has 1 unspecified atom stereocenters. The maximum absolute atomic E-state index is 13.2. The van der Waals surface area contributed by atoms with Gasteiger partial charge in [-0.05, 0) is 18.7 Å². The molecule has 7 nitrogen and oxygen atoms in total. The molecule has 1 heterocycles. The third-order valence-electron chi connectivity index (χ3n) is 4.37. The van der Waals surface area contributed by atoms with Gasteiger partial charge in [0.2, 0.25) is 0 Å². The molecule has 3 rings (SSSR count). The zero-order chi connectivity index (χ0) is 18.0. The average Bonchev–Trinajstić information content (AvgIpc) is 2.62. The molecule has 0 aliphatic carbocycles. The topological polar surface area (TPSA) is 83.8 Å². The van der Waals surface area contributed by atoms with Gasteiger partial charge in [0.15, 0.2) is 4.90 Å². The van der Waals surface area contributed by atoms with Gasteiger partial charge in [-0.25, -0.2) is 8.42 Å². The van der Waals surface area contributed by atoms with Crippen LogP contribution < -0.4 is 0 Å². The molecule has 0 amide bonds. The van der Waals surface area contributed by atoms with Crippen LogP contribution in [0, 0.1) is 10.1 Å². The fourth-order valence-electron chi connectivity index (χ4n) is 3.09. The zero-order valence-electron chi connectivity index (χ0n) is 14.2. The lowest BCUT2D eigenvalue weighted by atomic mass is 10.1. The molecule has 2 aromatic rings. The smallest absolute Gasteiger partial charge is 0.289 e. The van der Waals surface area contributed by atoms with Crippen molar-refractivity contribution >= 4 is 28.1 Å². The van der Waals surface area contributed by atoms with Crippen LogP contribution in [0.25, 0.3) is 0 Å². The number of nitro groups is 1. The van der Waals surface area contributed by atoms with E-state index in [1.807, 2.05) is 37.4 Å². The number of nitro benzene ring substituents is 1. The summed E-state index contributed by atoms with van der Waals surface area (Å²) < 4.78 is 27.8. The summed E-state index contributed by atoms with van der Waals surface area (Å²) in [6.07, 6.45) is 0. The second-order valence-corrected chi connectivity index (χ2v) is 7.89. The normalized spacial score (nSPS) is 18.9. The molecule has 1 aliphatic rings. The summed E-state index contributed by atoms with van der Waals surface area (Å²) in [6.45, 7) is 1.39. The highest BCUT2D eigenvalue weighted by atomic mass is 35.5. The number of hydrogen-bond acceptors (Lipinski definition) is 5. The minimum atomic E-state index is -3.99. The zero-order valence-corrected chi connectivity index (χ0v) is 15.8. The first-order valence-electron chi connectivity index (χ1n) is 7.90. The van der Waals surface area contributed by atoms with Gasteiger partial charge in [0.1, 0.15) is 0 Å². The quantitative estimate of drug-likeness (QED) is 0.585. The van der Waals surface area contributed by atoms with Gasteiger partial charge in [-0.15, -0.1) is 12.4 Å². The minimum Gasteiger partial charge on any atom is -0.303 e. The van der Waals surface area contributed by atoms with Gasteiger partial charge in [0, 0.05) is 25.7 Å². The molecular weight excluding hydrogens is 378 g/mol. The van der Waals surface area contributed by atoms with Gasteiger partial charge < -0.3 is 4.90 Å². The Bertz CT molecular complexity index is 877. The first-order chi connectivity index (χ1) is 11.9. The van der Waals surface area contributed by atoms with Crippen LogP contribution in [0.3, 0.4) is 0 Å². The van der Waals surface area contributed by atoms with Gasteiger partial charge >= 0.3 is 0 Å². The summed E-state index contributed by atoms with van der Waals surface area (Å²) in [5.74, 6) is 0. The van der Waals surface area contributed by atoms with Crippen molar-refractivity contribution in [1.29, 1.82) is 0 Å². The molecule has 0 N–H and O–H groups in total. The molecule has 26 heavy (non-hydrogen) atoms. The molecule has 0 radical (unpaired) electrons. The number of sulfonamides is 1. The number of hydrogen-bond donors (Lipinski definition) is 0. The Balaban J connectivity index is 0.00000243. The van der Waals surface area contributed by atoms with Crippen LogP contribution >= 0.6 is 12.4 Å². The van der Waals surface area contributed by atoms with Crippen LogP contribution in [0.2, 0.25) is 0 Å². The molecule has 1 aliphatic heterocycles. The first-order valence-corrected chi connectivity index (χ1v) is 9.34. The van der Waals surface area contributed by atoms with E-state index in [0.717, 1.165) is 5.56 Å². The molecular formula is C17H20ClN3O4S. The van der Waals surface area contributed by atoms with Crippen molar-refractivity contribution in [2.45, 2.75) is 10.9 Å². The molecule has 1 saturated heterocycles. The molecule has 0 aromatic heterocycles. The van der Waals surface area contributed by atoms with Crippen LogP contribution in [-0.2, 0) is 10.0 Å². The number of likely N-dealkylation sites (N-methyl/N-ethyl adjacent to an activating group) is 1. The third kappa shape index (κ3) is 3.88. The van der Waals surface area contributed by atoms with Crippen LogP contribution in [0.5, 0.6) is 0 Å². The maximum Gasteiger partial charge on any atom is 0.289 e. The summed E-state index contributed by atoms with van der Waals surface area (Å²) in [4.78, 5) is 12.4. The lowest BCUT2D eigenvalue weighted by molar-refractivity contribution is -0.387. The summed E-state index contributed by atoms with van der Waals surface area (Å²) in [6, 6.07) is 14.5. The van der Waals surface area contributed by atoms with E-state index in [4.69, 9.17) is 0 Å². The second kappa shape index (κ2) is 8.13. The SMILES string of the molecule is CN1CCN(S(=O)(=O)c2ccccc2[N+](=O)[O-])C(c2ccccc2)C1.Cl. The first kappa shape index (κ1) is 20.3. The summed E-state index contributed by atoms with van der Waals surface area (Å²) in [7, 11) is -2.06. The molecule has 0 spiro atoms. The lowest BCUT2D eigenvalue weighted by Crippen LogP contribution is -2.49. The molecule has 140 valence electrons. The van der Waals surface area contributed by atoms with Crippen molar-refractivity contribution in [2.24, 2.45) is 0 Å². The Hall–Kier alpha value is -2.00. The van der Waals surface area contributed by atoms with E-state index < -0.39 is 20.6 Å². The van der Waals surface area contributed by atoms with E-state index in [9.17, 15) is 18.5 Å². The van der Waals surface area contributed by atoms with E-state index in [2.05, 4.69) is 4.90 Å². The van der Waals surface area contributed by atoms with Crippen molar-refractivity contribution < 1.29 is 13.3 Å². The van der Waals surface area contributed by atoms with Crippen molar-refractivity contribution in [3.8, 4) is 0 Å². The van der Waals surface area contributed by atoms with Crippen LogP contribution in [0.1, 0.15) is 11.6 Å². The molecule has 0 bridgehead atoms. The maximum atomic E-state index is 13.2. The fraction of sp³-hybridized carbons (Fsp3) is 0.294. The number of rotatable bonds is 4. The lowest BCUT2D eigenvalue weighted by Gasteiger charge is -2.39. The number of benzene rings is 2. The highest BCUT2D eigenvalue weighted by Crippen LogP contribution is 2.34. The third-order valence-corrected chi connectivity index (χ3v) is 6.32. The largest absolute Gasteiger partial charge is 0.303 e. The molecule has 9 heteroatoms. The monoisotopic (exact) mass is 397 g/mol. The van der Waals surface area contributed by atoms with E-state index in [1.54, 1.807) is 0 Å². The Morgan fingerprint density at radius 2 is 1.65 bits per heavy atom. The highest BCUT2D eigenvalue weighted by molar-refractivity contribution is 7.89. The van der Waals surface area contributed by atoms with Crippen molar-refractivity contribution in [3.63, 3.8) is 0 Å². The summed E-state index contributed by atoms with van der Waals surface area (Å²) >= 11 is 0. The van der Waals surface area contributed by atoms with Gasteiger partial charge in [-0.1, -0.05) is 42.5 Å². The molecule has 1 fully saturated rings. The number of para-hydroxylation sites is 1. The Labute approximate surface area is 158 Å². The standard InChI is InChI=1S/C17H19N3O4S.ClH/c1-18-11-12-19(16(13-18)14-7-3-2-4-8-14)25(23,24)17-10-6-5-9-15(17)20(21)22;/h2-10,16H,11-13H2,1H3;1H. The fourth-order valence-corrected chi connectivity index (χ4v) is 4.85. The number of halogens is 1. The molecule has 1 atom stereocenters. The Morgan fingerprint density at radius 3 is 2.31 bits per heavy atom. The van der Waals surface area contributed by atoms with Gasteiger partial charge in [-0.3, -0.25) is 10.1 Å². The van der Waals surface area contributed by atoms with Crippen molar-refractivity contribution in [3.05, 3.63) is 70.3 Å². The Kier molecular flexibility index (Phi) is 6.35. The van der Waals surface area contributed by atoms with Crippen LogP contribution in [0.4, 0.5) is 5.69 Å². The van der Waals surface area contributed by atoms with E-state index in [1.165, 1.54) is 28.6 Å². The summed E-state index contributed by atoms with van der Waals surface area (Å²) in [5.41, 5.74) is 0.476. The van der Waals surface area contributed by atoms with E-state index in [0.29, 0.717) is 13.1 Å². The van der Waals surface area contributed by atoms with Crippen LogP contribution in [0.15, 0.2) is 59.5 Å². The van der Waals surface area contributed by atoms with Gasteiger partial charge in [0.25, 0.3) is 15.7 Å². The average molecular weight is 398 g/mol. The van der Waals surface area contributed by atoms with Crippen molar-refractivity contribution in [2.75, 3.05) is 26.7 Å². The number of nitrogens with zero attached hydrogens (tertiary/aromatic N) is 3. The molecule has 0 saturated carbocycles. The van der Waals surface area contributed by atoms with E-state index >= 15 is 0 Å². The second-order valence-electron chi connectivity index (χ2n) is 6.03. The summed E-state index contributed by atoms with van der Waals surface area (Å²) in [5, 5.41) is 11.3.